The lowest BCUT2D eigenvalue weighted by molar-refractivity contribution is 0.423. The van der Waals surface area contributed by atoms with Crippen molar-refractivity contribution in [2.24, 2.45) is 5.73 Å². The summed E-state index contributed by atoms with van der Waals surface area (Å²) in [4.78, 5) is 3.89. The molecule has 0 saturated carbocycles. The summed E-state index contributed by atoms with van der Waals surface area (Å²) in [7, 11) is -3.23. The van der Waals surface area contributed by atoms with E-state index in [0.29, 0.717) is 13.1 Å². The first-order valence-corrected chi connectivity index (χ1v) is 6.78. The molecule has 5 nitrogen and oxygen atoms in total. The SMILES string of the molecule is CCN(Cc1ccncc1)S(=O)(=O)CCN. The van der Waals surface area contributed by atoms with Crippen LogP contribution in [-0.2, 0) is 16.6 Å². The van der Waals surface area contributed by atoms with Crippen molar-refractivity contribution in [3.05, 3.63) is 30.1 Å². The molecule has 16 heavy (non-hydrogen) atoms. The predicted octanol–water partition coefficient (Wildman–Crippen LogP) is 0.192. The van der Waals surface area contributed by atoms with E-state index in [-0.39, 0.29) is 12.3 Å². The van der Waals surface area contributed by atoms with Gasteiger partial charge in [0.2, 0.25) is 10.0 Å². The summed E-state index contributed by atoms with van der Waals surface area (Å²) < 4.78 is 25.0. The van der Waals surface area contributed by atoms with E-state index in [1.165, 1.54) is 4.31 Å². The fraction of sp³-hybridized carbons (Fsp3) is 0.500. The first-order chi connectivity index (χ1) is 7.60. The average Bonchev–Trinajstić information content (AvgIpc) is 2.27. The number of nitrogens with zero attached hydrogens (tertiary/aromatic N) is 2. The summed E-state index contributed by atoms with van der Waals surface area (Å²) in [6, 6.07) is 3.61. The topological polar surface area (TPSA) is 76.3 Å². The maximum absolute atomic E-state index is 11.8. The molecule has 1 rings (SSSR count). The molecule has 0 aliphatic rings. The van der Waals surface area contributed by atoms with Crippen LogP contribution in [0.15, 0.2) is 24.5 Å². The monoisotopic (exact) mass is 243 g/mol. The molecule has 1 heterocycles. The molecule has 2 N–H and O–H groups in total. The van der Waals surface area contributed by atoms with Crippen molar-refractivity contribution in [3.63, 3.8) is 0 Å². The summed E-state index contributed by atoms with van der Waals surface area (Å²) >= 11 is 0. The summed E-state index contributed by atoms with van der Waals surface area (Å²) in [6.07, 6.45) is 3.30. The highest BCUT2D eigenvalue weighted by Gasteiger charge is 2.19. The Kier molecular flexibility index (Phi) is 4.85. The van der Waals surface area contributed by atoms with Gasteiger partial charge >= 0.3 is 0 Å². The highest BCUT2D eigenvalue weighted by molar-refractivity contribution is 7.89. The molecule has 0 aromatic carbocycles. The third-order valence-corrected chi connectivity index (χ3v) is 4.16. The molecule has 6 heteroatoms. The minimum Gasteiger partial charge on any atom is -0.329 e. The third kappa shape index (κ3) is 3.55. The van der Waals surface area contributed by atoms with E-state index in [2.05, 4.69) is 4.98 Å². The number of rotatable bonds is 6. The second-order valence-corrected chi connectivity index (χ2v) is 5.47. The van der Waals surface area contributed by atoms with Crippen molar-refractivity contribution in [1.82, 2.24) is 9.29 Å². The quantitative estimate of drug-likeness (QED) is 0.774. The second-order valence-electron chi connectivity index (χ2n) is 3.39. The third-order valence-electron chi connectivity index (χ3n) is 2.23. The van der Waals surface area contributed by atoms with Gasteiger partial charge in [0, 0.05) is 32.0 Å². The maximum atomic E-state index is 11.8. The highest BCUT2D eigenvalue weighted by atomic mass is 32.2. The van der Waals surface area contributed by atoms with Crippen LogP contribution in [0.3, 0.4) is 0 Å². The van der Waals surface area contributed by atoms with Gasteiger partial charge in [0.1, 0.15) is 0 Å². The van der Waals surface area contributed by atoms with Gasteiger partial charge in [-0.3, -0.25) is 4.98 Å². The summed E-state index contributed by atoms with van der Waals surface area (Å²) in [5, 5.41) is 0. The Morgan fingerprint density at radius 2 is 2.00 bits per heavy atom. The Bertz CT molecular complexity index is 405. The molecule has 0 spiro atoms. The lowest BCUT2D eigenvalue weighted by atomic mass is 10.3. The molecule has 0 unspecified atom stereocenters. The summed E-state index contributed by atoms with van der Waals surface area (Å²) in [5.74, 6) is -0.00801. The Morgan fingerprint density at radius 3 is 2.50 bits per heavy atom. The van der Waals surface area contributed by atoms with Gasteiger partial charge in [0.05, 0.1) is 5.75 Å². The largest absolute Gasteiger partial charge is 0.329 e. The van der Waals surface area contributed by atoms with Gasteiger partial charge in [0.15, 0.2) is 0 Å². The van der Waals surface area contributed by atoms with Crippen LogP contribution in [0.1, 0.15) is 12.5 Å². The first kappa shape index (κ1) is 13.1. The first-order valence-electron chi connectivity index (χ1n) is 5.17. The lowest BCUT2D eigenvalue weighted by Gasteiger charge is -2.19. The molecule has 0 aliphatic carbocycles. The molecular formula is C10H17N3O2S. The van der Waals surface area contributed by atoms with Crippen molar-refractivity contribution in [3.8, 4) is 0 Å². The number of sulfonamides is 1. The zero-order valence-electron chi connectivity index (χ0n) is 9.33. The maximum Gasteiger partial charge on any atom is 0.215 e. The number of aromatic nitrogens is 1. The number of nitrogens with two attached hydrogens (primary N) is 1. The van der Waals surface area contributed by atoms with Crippen LogP contribution in [-0.4, -0.2) is 36.5 Å². The van der Waals surface area contributed by atoms with Gasteiger partial charge < -0.3 is 5.73 Å². The lowest BCUT2D eigenvalue weighted by Crippen LogP contribution is -2.34. The second kappa shape index (κ2) is 5.93. The van der Waals surface area contributed by atoms with Crippen molar-refractivity contribution in [2.45, 2.75) is 13.5 Å². The fourth-order valence-corrected chi connectivity index (χ4v) is 2.67. The minimum absolute atomic E-state index is 0.00801. The van der Waals surface area contributed by atoms with E-state index in [1.807, 2.05) is 6.92 Å². The molecule has 1 aromatic heterocycles. The number of pyridine rings is 1. The standard InChI is InChI=1S/C10H17N3O2S/c1-2-13(16(14,15)8-5-11)9-10-3-6-12-7-4-10/h3-4,6-7H,2,5,8-9,11H2,1H3. The van der Waals surface area contributed by atoms with Crippen molar-refractivity contribution in [2.75, 3.05) is 18.8 Å². The molecule has 0 amide bonds. The Balaban J connectivity index is 2.77. The van der Waals surface area contributed by atoms with Crippen molar-refractivity contribution < 1.29 is 8.42 Å². The smallest absolute Gasteiger partial charge is 0.215 e. The molecular weight excluding hydrogens is 226 g/mol. The molecule has 0 fully saturated rings. The Labute approximate surface area is 96.3 Å². The molecule has 0 radical (unpaired) electrons. The van der Waals surface area contributed by atoms with E-state index >= 15 is 0 Å². The molecule has 90 valence electrons. The van der Waals surface area contributed by atoms with E-state index in [9.17, 15) is 8.42 Å². The van der Waals surface area contributed by atoms with Crippen LogP contribution in [0.25, 0.3) is 0 Å². The van der Waals surface area contributed by atoms with E-state index in [1.54, 1.807) is 24.5 Å². The zero-order valence-corrected chi connectivity index (χ0v) is 10.2. The van der Waals surface area contributed by atoms with Crippen LogP contribution in [0.4, 0.5) is 0 Å². The van der Waals surface area contributed by atoms with Crippen LogP contribution >= 0.6 is 0 Å². The van der Waals surface area contributed by atoms with Crippen molar-refractivity contribution in [1.29, 1.82) is 0 Å². The average molecular weight is 243 g/mol. The van der Waals surface area contributed by atoms with Gasteiger partial charge in [-0.1, -0.05) is 6.92 Å². The molecule has 1 aromatic rings. The number of hydrogen-bond acceptors (Lipinski definition) is 4. The highest BCUT2D eigenvalue weighted by Crippen LogP contribution is 2.08. The van der Waals surface area contributed by atoms with Gasteiger partial charge in [-0.15, -0.1) is 0 Å². The Hall–Kier alpha value is -0.980. The van der Waals surface area contributed by atoms with Gasteiger partial charge in [0.25, 0.3) is 0 Å². The zero-order chi connectivity index (χ0) is 12.0. The molecule has 0 bridgehead atoms. The number of hydrogen-bond donors (Lipinski definition) is 1. The summed E-state index contributed by atoms with van der Waals surface area (Å²) in [5.41, 5.74) is 6.21. The van der Waals surface area contributed by atoms with Crippen LogP contribution < -0.4 is 5.73 Å². The predicted molar refractivity (Wildman–Crippen MR) is 63.2 cm³/mol. The fourth-order valence-electron chi connectivity index (χ4n) is 1.38. The van der Waals surface area contributed by atoms with E-state index < -0.39 is 10.0 Å². The molecule has 0 atom stereocenters. The van der Waals surface area contributed by atoms with Crippen LogP contribution in [0.2, 0.25) is 0 Å². The van der Waals surface area contributed by atoms with E-state index in [0.717, 1.165) is 5.56 Å². The van der Waals surface area contributed by atoms with Gasteiger partial charge in [-0.25, -0.2) is 8.42 Å². The minimum atomic E-state index is -3.23. The van der Waals surface area contributed by atoms with Crippen LogP contribution in [0, 0.1) is 0 Å². The molecule has 0 saturated heterocycles. The summed E-state index contributed by atoms with van der Waals surface area (Å²) in [6.45, 7) is 2.79. The van der Waals surface area contributed by atoms with Gasteiger partial charge in [-0.2, -0.15) is 4.31 Å². The van der Waals surface area contributed by atoms with Crippen LogP contribution in [0.5, 0.6) is 0 Å². The van der Waals surface area contributed by atoms with Gasteiger partial charge in [-0.05, 0) is 17.7 Å². The normalized spacial score (nSPS) is 11.9. The molecule has 0 aliphatic heterocycles. The van der Waals surface area contributed by atoms with E-state index in [4.69, 9.17) is 5.73 Å². The Morgan fingerprint density at radius 1 is 1.38 bits per heavy atom. The van der Waals surface area contributed by atoms with Crippen molar-refractivity contribution >= 4 is 10.0 Å².